The van der Waals surface area contributed by atoms with E-state index in [2.05, 4.69) is 31.4 Å². The van der Waals surface area contributed by atoms with Crippen molar-refractivity contribution in [2.45, 2.75) is 24.9 Å². The molecule has 1 aliphatic heterocycles. The fraction of sp³-hybridized carbons (Fsp3) is 0.304. The Morgan fingerprint density at radius 1 is 1.18 bits per heavy atom. The molecule has 178 valence electrons. The number of methoxy groups -OCH3 is 1. The second-order valence-electron chi connectivity index (χ2n) is 7.42. The number of fused-ring (bicyclic) bond motifs is 1. The van der Waals surface area contributed by atoms with Gasteiger partial charge in [-0.1, -0.05) is 11.8 Å². The molecule has 34 heavy (non-hydrogen) atoms. The Morgan fingerprint density at radius 3 is 2.76 bits per heavy atom. The molecular formula is C23H23BrN4O5S. The quantitative estimate of drug-likeness (QED) is 0.232. The van der Waals surface area contributed by atoms with Gasteiger partial charge in [-0.15, -0.1) is 10.2 Å². The second-order valence-corrected chi connectivity index (χ2v) is 9.22. The summed E-state index contributed by atoms with van der Waals surface area (Å²) in [5.41, 5.74) is 1.38. The van der Waals surface area contributed by atoms with Gasteiger partial charge in [-0.2, -0.15) is 0 Å². The van der Waals surface area contributed by atoms with Crippen LogP contribution in [0.3, 0.4) is 0 Å². The number of ether oxygens (including phenoxy) is 3. The minimum Gasteiger partial charge on any atom is -0.496 e. The Kier molecular flexibility index (Phi) is 7.73. The monoisotopic (exact) mass is 546 g/mol. The molecule has 0 spiro atoms. The van der Waals surface area contributed by atoms with Crippen molar-refractivity contribution in [3.05, 3.63) is 52.3 Å². The van der Waals surface area contributed by atoms with Crippen LogP contribution in [0.5, 0.6) is 17.2 Å². The van der Waals surface area contributed by atoms with E-state index < -0.39 is 0 Å². The molecule has 1 aliphatic rings. The van der Waals surface area contributed by atoms with Crippen LogP contribution >= 0.6 is 27.7 Å². The summed E-state index contributed by atoms with van der Waals surface area (Å²) in [4.78, 5) is 24.0. The summed E-state index contributed by atoms with van der Waals surface area (Å²) in [7, 11) is 1.58. The average molecular weight is 547 g/mol. The number of benzene rings is 2. The number of halogens is 1. The zero-order valence-corrected chi connectivity index (χ0v) is 21.1. The fourth-order valence-corrected chi connectivity index (χ4v) is 4.81. The lowest BCUT2D eigenvalue weighted by molar-refractivity contribution is -0.118. The predicted octanol–water partition coefficient (Wildman–Crippen LogP) is 3.81. The molecular weight excluding hydrogens is 524 g/mol. The zero-order chi connectivity index (χ0) is 24.1. The normalized spacial score (nSPS) is 12.0. The Balaban J connectivity index is 1.54. The second kappa shape index (κ2) is 10.9. The number of nitrogens with zero attached hydrogens (tertiary/aromatic N) is 3. The van der Waals surface area contributed by atoms with Gasteiger partial charge in [0, 0.05) is 31.5 Å². The maximum Gasteiger partial charge on any atom is 0.231 e. The number of aryl methyl sites for hydroxylation is 1. The van der Waals surface area contributed by atoms with Crippen LogP contribution in [0.4, 0.5) is 0 Å². The highest BCUT2D eigenvalue weighted by molar-refractivity contribution is 9.10. The third-order valence-corrected chi connectivity index (χ3v) is 6.62. The van der Waals surface area contributed by atoms with Gasteiger partial charge in [0.25, 0.3) is 0 Å². The van der Waals surface area contributed by atoms with Crippen molar-refractivity contribution in [1.82, 2.24) is 20.1 Å². The van der Waals surface area contributed by atoms with Gasteiger partial charge in [0.05, 0.1) is 23.0 Å². The molecule has 0 saturated heterocycles. The molecule has 0 unspecified atom stereocenters. The molecule has 1 amide bonds. The zero-order valence-electron chi connectivity index (χ0n) is 18.7. The molecule has 0 fully saturated rings. The van der Waals surface area contributed by atoms with Gasteiger partial charge in [-0.25, -0.2) is 0 Å². The minimum atomic E-state index is -0.0721. The first-order valence-electron chi connectivity index (χ1n) is 10.5. The highest BCUT2D eigenvalue weighted by atomic mass is 79.9. The van der Waals surface area contributed by atoms with Gasteiger partial charge in [-0.05, 0) is 52.7 Å². The Hall–Kier alpha value is -3.05. The van der Waals surface area contributed by atoms with Gasteiger partial charge in [0.15, 0.2) is 22.4 Å². The Bertz CT molecular complexity index is 1220. The number of carbonyl (C=O) groups excluding carboxylic acids is 2. The third kappa shape index (κ3) is 5.53. The molecule has 0 saturated carbocycles. The fourth-order valence-electron chi connectivity index (χ4n) is 3.40. The number of carbonyl (C=O) groups is 2. The summed E-state index contributed by atoms with van der Waals surface area (Å²) in [6.07, 6.45) is 1.30. The highest BCUT2D eigenvalue weighted by Crippen LogP contribution is 2.35. The van der Waals surface area contributed by atoms with E-state index in [-0.39, 0.29) is 24.2 Å². The summed E-state index contributed by atoms with van der Waals surface area (Å²) >= 11 is 4.73. The van der Waals surface area contributed by atoms with E-state index >= 15 is 0 Å². The summed E-state index contributed by atoms with van der Waals surface area (Å²) in [6.45, 7) is 2.21. The van der Waals surface area contributed by atoms with Crippen molar-refractivity contribution < 1.29 is 23.8 Å². The number of rotatable bonds is 10. The number of nitrogens with one attached hydrogen (secondary N) is 1. The lowest BCUT2D eigenvalue weighted by Crippen LogP contribution is -2.21. The number of ketones is 1. The molecule has 0 radical (unpaired) electrons. The minimum absolute atomic E-state index is 0.0409. The molecule has 11 heteroatoms. The molecule has 3 aromatic rings. The van der Waals surface area contributed by atoms with Crippen LogP contribution < -0.4 is 19.5 Å². The smallest absolute Gasteiger partial charge is 0.231 e. The molecule has 0 bridgehead atoms. The first kappa shape index (κ1) is 24.1. The topological polar surface area (TPSA) is 105 Å². The SMILES string of the molecule is COc1ccc(C(=O)CSc2nnc(CCCNC(C)=O)n2-c2ccc3c(c2)OCO3)cc1Br. The molecule has 4 rings (SSSR count). The van der Waals surface area contributed by atoms with E-state index in [1.54, 1.807) is 25.3 Å². The number of hydrogen-bond donors (Lipinski definition) is 1. The van der Waals surface area contributed by atoms with Crippen molar-refractivity contribution >= 4 is 39.4 Å². The molecule has 0 atom stereocenters. The van der Waals surface area contributed by atoms with E-state index in [9.17, 15) is 9.59 Å². The number of amides is 1. The maximum atomic E-state index is 12.8. The maximum absolute atomic E-state index is 12.8. The van der Waals surface area contributed by atoms with E-state index in [0.29, 0.717) is 47.4 Å². The molecule has 0 aliphatic carbocycles. The van der Waals surface area contributed by atoms with Crippen LogP contribution in [0.1, 0.15) is 29.5 Å². The van der Waals surface area contributed by atoms with Gasteiger partial charge >= 0.3 is 0 Å². The van der Waals surface area contributed by atoms with Gasteiger partial charge < -0.3 is 19.5 Å². The predicted molar refractivity (Wildman–Crippen MR) is 130 cm³/mol. The van der Waals surface area contributed by atoms with Crippen LogP contribution in [-0.2, 0) is 11.2 Å². The van der Waals surface area contributed by atoms with Gasteiger partial charge in [0.2, 0.25) is 12.7 Å². The Morgan fingerprint density at radius 2 is 2.00 bits per heavy atom. The third-order valence-electron chi connectivity index (χ3n) is 5.07. The standard InChI is InChI=1S/C23H23BrN4O5S/c1-14(29)25-9-3-4-22-26-27-23(28(22)16-6-8-20-21(11-16)33-13-32-20)34-12-18(30)15-5-7-19(31-2)17(24)10-15/h5-8,10-11H,3-4,9,12-13H2,1-2H3,(H,25,29). The van der Waals surface area contributed by atoms with Crippen LogP contribution in [0.25, 0.3) is 5.69 Å². The van der Waals surface area contributed by atoms with Gasteiger partial charge in [0.1, 0.15) is 11.6 Å². The molecule has 2 heterocycles. The van der Waals surface area contributed by atoms with E-state index in [4.69, 9.17) is 14.2 Å². The first-order chi connectivity index (χ1) is 16.5. The lowest BCUT2D eigenvalue weighted by atomic mass is 10.1. The molecule has 1 N–H and O–H groups in total. The van der Waals surface area contributed by atoms with E-state index in [0.717, 1.165) is 16.0 Å². The van der Waals surface area contributed by atoms with Crippen LogP contribution in [0.2, 0.25) is 0 Å². The Labute approximate surface area is 209 Å². The summed E-state index contributed by atoms with van der Waals surface area (Å²) in [5.74, 6) is 2.79. The van der Waals surface area contributed by atoms with Crippen molar-refractivity contribution in [1.29, 1.82) is 0 Å². The van der Waals surface area contributed by atoms with E-state index in [1.165, 1.54) is 18.7 Å². The molecule has 2 aromatic carbocycles. The van der Waals surface area contributed by atoms with Gasteiger partial charge in [-0.3, -0.25) is 14.2 Å². The van der Waals surface area contributed by atoms with Crippen LogP contribution in [-0.4, -0.2) is 52.7 Å². The number of aromatic nitrogens is 3. The van der Waals surface area contributed by atoms with Crippen molar-refractivity contribution in [3.8, 4) is 22.9 Å². The first-order valence-corrected chi connectivity index (χ1v) is 12.3. The largest absolute Gasteiger partial charge is 0.496 e. The van der Waals surface area contributed by atoms with Crippen LogP contribution in [0.15, 0.2) is 46.0 Å². The summed E-state index contributed by atoms with van der Waals surface area (Å²) in [5, 5.41) is 12.1. The van der Waals surface area contributed by atoms with Crippen molar-refractivity contribution in [3.63, 3.8) is 0 Å². The van der Waals surface area contributed by atoms with Crippen molar-refractivity contribution in [2.75, 3.05) is 26.2 Å². The average Bonchev–Trinajstić information content (AvgIpc) is 3.46. The van der Waals surface area contributed by atoms with Crippen molar-refractivity contribution in [2.24, 2.45) is 0 Å². The molecule has 9 nitrogen and oxygen atoms in total. The number of hydrogen-bond acceptors (Lipinski definition) is 8. The highest BCUT2D eigenvalue weighted by Gasteiger charge is 2.20. The lowest BCUT2D eigenvalue weighted by Gasteiger charge is -2.11. The number of Topliss-reactive ketones (excluding diaryl/α,β-unsaturated/α-hetero) is 1. The summed E-state index contributed by atoms with van der Waals surface area (Å²) < 4.78 is 18.8. The number of thioether (sulfide) groups is 1. The van der Waals surface area contributed by atoms with Crippen LogP contribution in [0, 0.1) is 0 Å². The summed E-state index contributed by atoms with van der Waals surface area (Å²) in [6, 6.07) is 10.9. The van der Waals surface area contributed by atoms with E-state index in [1.807, 2.05) is 22.8 Å². The molecule has 1 aromatic heterocycles.